The third-order valence-electron chi connectivity index (χ3n) is 2.31. The van der Waals surface area contributed by atoms with Crippen molar-refractivity contribution < 1.29 is 13.9 Å². The number of carbonyl (C=O) groups excluding carboxylic acids is 1. The van der Waals surface area contributed by atoms with E-state index in [-0.39, 0.29) is 11.1 Å². The lowest BCUT2D eigenvalue weighted by molar-refractivity contribution is 0.0600. The molecule has 0 aliphatic heterocycles. The predicted molar refractivity (Wildman–Crippen MR) is 57.8 cm³/mol. The molecule has 0 fully saturated rings. The summed E-state index contributed by atoms with van der Waals surface area (Å²) in [5.41, 5.74) is 1.20. The van der Waals surface area contributed by atoms with E-state index in [9.17, 15) is 9.18 Å². The van der Waals surface area contributed by atoms with E-state index < -0.39 is 11.8 Å². The SMILES string of the molecule is COC(=O)c1cc(F)c2nc(C)ccc2c1. The zero-order valence-electron chi connectivity index (χ0n) is 8.95. The van der Waals surface area contributed by atoms with Crippen LogP contribution in [0, 0.1) is 12.7 Å². The molecule has 0 bridgehead atoms. The number of esters is 1. The van der Waals surface area contributed by atoms with Crippen LogP contribution >= 0.6 is 0 Å². The van der Waals surface area contributed by atoms with Crippen LogP contribution in [0.3, 0.4) is 0 Å². The zero-order valence-corrected chi connectivity index (χ0v) is 8.95. The molecular weight excluding hydrogens is 209 g/mol. The van der Waals surface area contributed by atoms with Crippen molar-refractivity contribution in [2.75, 3.05) is 7.11 Å². The van der Waals surface area contributed by atoms with Crippen LogP contribution in [-0.4, -0.2) is 18.1 Å². The Morgan fingerprint density at radius 1 is 1.38 bits per heavy atom. The van der Waals surface area contributed by atoms with E-state index in [2.05, 4.69) is 9.72 Å². The van der Waals surface area contributed by atoms with E-state index in [0.717, 1.165) is 11.8 Å². The van der Waals surface area contributed by atoms with Gasteiger partial charge < -0.3 is 4.74 Å². The third kappa shape index (κ3) is 1.74. The summed E-state index contributed by atoms with van der Waals surface area (Å²) in [6, 6.07) is 6.20. The molecule has 1 aromatic heterocycles. The van der Waals surface area contributed by atoms with Gasteiger partial charge in [0.15, 0.2) is 0 Å². The van der Waals surface area contributed by atoms with E-state index in [4.69, 9.17) is 0 Å². The molecule has 4 heteroatoms. The number of aromatic nitrogens is 1. The minimum absolute atomic E-state index is 0.193. The Labute approximate surface area is 91.9 Å². The van der Waals surface area contributed by atoms with Crippen LogP contribution in [0.2, 0.25) is 0 Å². The van der Waals surface area contributed by atoms with E-state index in [1.807, 2.05) is 0 Å². The van der Waals surface area contributed by atoms with Crippen LogP contribution in [0.4, 0.5) is 4.39 Å². The highest BCUT2D eigenvalue weighted by atomic mass is 19.1. The molecule has 0 saturated heterocycles. The molecular formula is C12H10FNO2. The van der Waals surface area contributed by atoms with Gasteiger partial charge in [-0.1, -0.05) is 6.07 Å². The average molecular weight is 219 g/mol. The number of nitrogens with zero attached hydrogens (tertiary/aromatic N) is 1. The number of hydrogen-bond donors (Lipinski definition) is 0. The van der Waals surface area contributed by atoms with Crippen molar-refractivity contribution in [1.82, 2.24) is 4.98 Å². The minimum Gasteiger partial charge on any atom is -0.465 e. The van der Waals surface area contributed by atoms with Gasteiger partial charge in [0, 0.05) is 11.1 Å². The molecule has 0 N–H and O–H groups in total. The molecule has 0 spiro atoms. The van der Waals surface area contributed by atoms with Crippen molar-refractivity contribution in [3.63, 3.8) is 0 Å². The normalized spacial score (nSPS) is 10.4. The van der Waals surface area contributed by atoms with E-state index in [1.165, 1.54) is 7.11 Å². The van der Waals surface area contributed by atoms with Gasteiger partial charge in [-0.2, -0.15) is 0 Å². The van der Waals surface area contributed by atoms with Crippen molar-refractivity contribution in [2.24, 2.45) is 0 Å². The molecule has 16 heavy (non-hydrogen) atoms. The summed E-state index contributed by atoms with van der Waals surface area (Å²) in [5.74, 6) is -1.07. The summed E-state index contributed by atoms with van der Waals surface area (Å²) in [4.78, 5) is 15.3. The molecule has 1 aromatic carbocycles. The summed E-state index contributed by atoms with van der Waals surface area (Å²) in [7, 11) is 1.26. The number of benzene rings is 1. The smallest absolute Gasteiger partial charge is 0.337 e. The molecule has 3 nitrogen and oxygen atoms in total. The van der Waals surface area contributed by atoms with E-state index in [1.54, 1.807) is 25.1 Å². The predicted octanol–water partition coefficient (Wildman–Crippen LogP) is 2.47. The van der Waals surface area contributed by atoms with Crippen molar-refractivity contribution in [2.45, 2.75) is 6.92 Å². The highest BCUT2D eigenvalue weighted by molar-refractivity contribution is 5.94. The van der Waals surface area contributed by atoms with Gasteiger partial charge in [-0.15, -0.1) is 0 Å². The van der Waals surface area contributed by atoms with Gasteiger partial charge in [0.05, 0.1) is 12.7 Å². The van der Waals surface area contributed by atoms with Gasteiger partial charge >= 0.3 is 5.97 Å². The van der Waals surface area contributed by atoms with Gasteiger partial charge in [0.25, 0.3) is 0 Å². The number of methoxy groups -OCH3 is 1. The lowest BCUT2D eigenvalue weighted by Crippen LogP contribution is -2.02. The lowest BCUT2D eigenvalue weighted by atomic mass is 10.1. The van der Waals surface area contributed by atoms with Crippen LogP contribution in [0.5, 0.6) is 0 Å². The Morgan fingerprint density at radius 2 is 2.12 bits per heavy atom. The van der Waals surface area contributed by atoms with Crippen LogP contribution in [-0.2, 0) is 4.74 Å². The third-order valence-corrected chi connectivity index (χ3v) is 2.31. The first-order valence-electron chi connectivity index (χ1n) is 4.77. The highest BCUT2D eigenvalue weighted by Gasteiger charge is 2.11. The summed E-state index contributed by atoms with van der Waals surface area (Å²) in [5, 5.41) is 0.589. The van der Waals surface area contributed by atoms with Crippen LogP contribution < -0.4 is 0 Å². The Kier molecular flexibility index (Phi) is 2.56. The van der Waals surface area contributed by atoms with Gasteiger partial charge in [0.2, 0.25) is 0 Å². The van der Waals surface area contributed by atoms with Gasteiger partial charge in [-0.05, 0) is 25.1 Å². The number of ether oxygens (including phenoxy) is 1. The number of halogens is 1. The molecule has 1 heterocycles. The van der Waals surface area contributed by atoms with Crippen molar-refractivity contribution in [3.8, 4) is 0 Å². The van der Waals surface area contributed by atoms with Crippen molar-refractivity contribution in [1.29, 1.82) is 0 Å². The monoisotopic (exact) mass is 219 g/mol. The number of aryl methyl sites for hydroxylation is 1. The zero-order chi connectivity index (χ0) is 11.7. The summed E-state index contributed by atoms with van der Waals surface area (Å²) >= 11 is 0. The molecule has 0 amide bonds. The van der Waals surface area contributed by atoms with Gasteiger partial charge in [-0.25, -0.2) is 9.18 Å². The van der Waals surface area contributed by atoms with Gasteiger partial charge in [-0.3, -0.25) is 4.98 Å². The maximum absolute atomic E-state index is 13.7. The molecule has 0 unspecified atom stereocenters. The topological polar surface area (TPSA) is 39.2 Å². The fraction of sp³-hybridized carbons (Fsp3) is 0.167. The molecule has 0 atom stereocenters. The average Bonchev–Trinajstić information content (AvgIpc) is 2.28. The second-order valence-corrected chi connectivity index (χ2v) is 3.47. The number of rotatable bonds is 1. The highest BCUT2D eigenvalue weighted by Crippen LogP contribution is 2.19. The summed E-state index contributed by atoms with van der Waals surface area (Å²) in [6.45, 7) is 1.78. The molecule has 2 aromatic rings. The standard InChI is InChI=1S/C12H10FNO2/c1-7-3-4-8-5-9(12(15)16-2)6-10(13)11(8)14-7/h3-6H,1-2H3. The van der Waals surface area contributed by atoms with Gasteiger partial charge in [0.1, 0.15) is 11.3 Å². The Hall–Kier alpha value is -1.97. The summed E-state index contributed by atoms with van der Waals surface area (Å²) < 4.78 is 18.2. The molecule has 0 radical (unpaired) electrons. The van der Waals surface area contributed by atoms with Crippen LogP contribution in [0.25, 0.3) is 10.9 Å². The number of carbonyl (C=O) groups is 1. The Morgan fingerprint density at radius 3 is 2.81 bits per heavy atom. The fourth-order valence-electron chi connectivity index (χ4n) is 1.53. The molecule has 82 valence electrons. The molecule has 0 aliphatic carbocycles. The lowest BCUT2D eigenvalue weighted by Gasteiger charge is -2.03. The molecule has 2 rings (SSSR count). The van der Waals surface area contributed by atoms with E-state index >= 15 is 0 Å². The number of pyridine rings is 1. The quantitative estimate of drug-likeness (QED) is 0.691. The minimum atomic E-state index is -0.554. The van der Waals surface area contributed by atoms with Crippen LogP contribution in [0.1, 0.15) is 16.1 Å². The largest absolute Gasteiger partial charge is 0.465 e. The maximum atomic E-state index is 13.7. The number of fused-ring (bicyclic) bond motifs is 1. The second kappa shape index (κ2) is 3.89. The number of hydrogen-bond acceptors (Lipinski definition) is 3. The molecule has 0 aliphatic rings. The van der Waals surface area contributed by atoms with Crippen molar-refractivity contribution >= 4 is 16.9 Å². The first-order valence-corrected chi connectivity index (χ1v) is 4.77. The second-order valence-electron chi connectivity index (χ2n) is 3.47. The fourth-order valence-corrected chi connectivity index (χ4v) is 1.53. The van der Waals surface area contributed by atoms with Crippen molar-refractivity contribution in [3.05, 3.63) is 41.3 Å². The van der Waals surface area contributed by atoms with E-state index in [0.29, 0.717) is 5.39 Å². The van der Waals surface area contributed by atoms with Crippen LogP contribution in [0.15, 0.2) is 24.3 Å². The first kappa shape index (κ1) is 10.5. The maximum Gasteiger partial charge on any atom is 0.337 e. The molecule has 0 saturated carbocycles. The summed E-state index contributed by atoms with van der Waals surface area (Å²) in [6.07, 6.45) is 0. The Balaban J connectivity index is 2.68. The Bertz CT molecular complexity index is 566. The first-order chi connectivity index (χ1) is 7.61.